The van der Waals surface area contributed by atoms with Gasteiger partial charge in [-0.05, 0) is 62.1 Å². The summed E-state index contributed by atoms with van der Waals surface area (Å²) in [6, 6.07) is 13.9. The van der Waals surface area contributed by atoms with Crippen molar-refractivity contribution in [3.8, 4) is 11.5 Å². The number of carbonyl (C=O) groups excluding carboxylic acids is 1. The number of hydrogen-bond donors (Lipinski definition) is 1. The van der Waals surface area contributed by atoms with E-state index in [9.17, 15) is 4.79 Å². The molecule has 0 radical (unpaired) electrons. The summed E-state index contributed by atoms with van der Waals surface area (Å²) in [7, 11) is 3.14. The fourth-order valence-electron chi connectivity index (χ4n) is 3.64. The molecule has 144 valence electrons. The third kappa shape index (κ3) is 4.54. The molecular weight excluding hydrogens is 340 g/mol. The lowest BCUT2D eigenvalue weighted by Gasteiger charge is -2.37. The van der Waals surface area contributed by atoms with Crippen LogP contribution in [0.4, 0.5) is 11.4 Å². The molecule has 1 aliphatic rings. The second kappa shape index (κ2) is 8.80. The van der Waals surface area contributed by atoms with Crippen LogP contribution >= 0.6 is 0 Å². The molecule has 1 saturated heterocycles. The predicted octanol–water partition coefficient (Wildman–Crippen LogP) is 4.73. The van der Waals surface area contributed by atoms with Crippen LogP contribution in [0.25, 0.3) is 0 Å². The van der Waals surface area contributed by atoms with E-state index in [1.807, 2.05) is 12.1 Å². The maximum atomic E-state index is 12.6. The molecule has 1 heterocycles. The van der Waals surface area contributed by atoms with Crippen molar-refractivity contribution in [3.63, 3.8) is 0 Å². The van der Waals surface area contributed by atoms with E-state index in [2.05, 4.69) is 29.3 Å². The van der Waals surface area contributed by atoms with Gasteiger partial charge in [0, 0.05) is 35.6 Å². The van der Waals surface area contributed by atoms with Gasteiger partial charge >= 0.3 is 0 Å². The summed E-state index contributed by atoms with van der Waals surface area (Å²) < 4.78 is 10.5. The monoisotopic (exact) mass is 368 g/mol. The van der Waals surface area contributed by atoms with Gasteiger partial charge in [-0.3, -0.25) is 4.79 Å². The molecule has 1 unspecified atom stereocenters. The summed E-state index contributed by atoms with van der Waals surface area (Å²) in [5.41, 5.74) is 2.50. The van der Waals surface area contributed by atoms with Gasteiger partial charge in [-0.2, -0.15) is 0 Å². The molecule has 0 aliphatic carbocycles. The van der Waals surface area contributed by atoms with Gasteiger partial charge in [-0.15, -0.1) is 0 Å². The van der Waals surface area contributed by atoms with E-state index in [0.29, 0.717) is 23.1 Å². The number of hydrogen-bond acceptors (Lipinski definition) is 4. The first-order chi connectivity index (χ1) is 13.1. The Morgan fingerprint density at radius 3 is 2.33 bits per heavy atom. The Bertz CT molecular complexity index is 751. The first-order valence-electron chi connectivity index (χ1n) is 9.55. The van der Waals surface area contributed by atoms with Crippen LogP contribution in [0.15, 0.2) is 42.5 Å². The maximum absolute atomic E-state index is 12.6. The molecule has 3 rings (SSSR count). The number of nitrogens with zero attached hydrogens (tertiary/aromatic N) is 1. The molecule has 2 aromatic carbocycles. The summed E-state index contributed by atoms with van der Waals surface area (Å²) in [5.74, 6) is 0.987. The predicted molar refractivity (Wildman–Crippen MR) is 109 cm³/mol. The van der Waals surface area contributed by atoms with Crippen LogP contribution in [0.2, 0.25) is 0 Å². The van der Waals surface area contributed by atoms with Crippen molar-refractivity contribution in [2.75, 3.05) is 31.0 Å². The largest absolute Gasteiger partial charge is 0.497 e. The second-order valence-electron chi connectivity index (χ2n) is 6.85. The number of piperidine rings is 1. The van der Waals surface area contributed by atoms with Gasteiger partial charge in [0.15, 0.2) is 0 Å². The minimum absolute atomic E-state index is 0.190. The average molecular weight is 368 g/mol. The fraction of sp³-hybridized carbons (Fsp3) is 0.409. The minimum atomic E-state index is -0.190. The third-order valence-electron chi connectivity index (χ3n) is 5.17. The first kappa shape index (κ1) is 19.1. The van der Waals surface area contributed by atoms with Gasteiger partial charge < -0.3 is 19.7 Å². The van der Waals surface area contributed by atoms with Crippen LogP contribution in [-0.2, 0) is 0 Å². The Balaban J connectivity index is 1.72. The lowest BCUT2D eigenvalue weighted by Crippen LogP contribution is -2.39. The third-order valence-corrected chi connectivity index (χ3v) is 5.17. The summed E-state index contributed by atoms with van der Waals surface area (Å²) in [4.78, 5) is 15.1. The summed E-state index contributed by atoms with van der Waals surface area (Å²) >= 11 is 0. The van der Waals surface area contributed by atoms with E-state index in [1.165, 1.54) is 24.9 Å². The van der Waals surface area contributed by atoms with Crippen molar-refractivity contribution in [3.05, 3.63) is 48.0 Å². The van der Waals surface area contributed by atoms with Gasteiger partial charge in [0.05, 0.1) is 14.2 Å². The average Bonchev–Trinajstić information content (AvgIpc) is 2.73. The highest BCUT2D eigenvalue weighted by Crippen LogP contribution is 2.28. The highest BCUT2D eigenvalue weighted by Gasteiger charge is 2.21. The van der Waals surface area contributed by atoms with Crippen molar-refractivity contribution in [2.45, 2.75) is 38.6 Å². The van der Waals surface area contributed by atoms with E-state index < -0.39 is 0 Å². The number of carbonyl (C=O) groups is 1. The van der Waals surface area contributed by atoms with Crippen molar-refractivity contribution >= 4 is 17.3 Å². The van der Waals surface area contributed by atoms with E-state index in [0.717, 1.165) is 18.7 Å². The van der Waals surface area contributed by atoms with Crippen LogP contribution in [0, 0.1) is 0 Å². The van der Waals surface area contributed by atoms with Crippen LogP contribution in [0.1, 0.15) is 43.0 Å². The lowest BCUT2D eigenvalue weighted by atomic mass is 9.99. The molecule has 2 aromatic rings. The number of anilines is 2. The van der Waals surface area contributed by atoms with Crippen molar-refractivity contribution in [1.29, 1.82) is 0 Å². The molecule has 0 bridgehead atoms. The molecule has 27 heavy (non-hydrogen) atoms. The van der Waals surface area contributed by atoms with Crippen molar-refractivity contribution in [1.82, 2.24) is 0 Å². The normalized spacial score (nSPS) is 16.7. The molecule has 1 fully saturated rings. The van der Waals surface area contributed by atoms with Crippen LogP contribution in [-0.4, -0.2) is 32.7 Å². The zero-order chi connectivity index (χ0) is 19.2. The molecule has 0 saturated carbocycles. The summed E-state index contributed by atoms with van der Waals surface area (Å²) in [6.45, 7) is 3.35. The smallest absolute Gasteiger partial charge is 0.255 e. The Hall–Kier alpha value is -2.69. The minimum Gasteiger partial charge on any atom is -0.497 e. The summed E-state index contributed by atoms with van der Waals surface area (Å²) in [5, 5.41) is 2.95. The van der Waals surface area contributed by atoms with Crippen molar-refractivity contribution < 1.29 is 14.3 Å². The van der Waals surface area contributed by atoms with E-state index in [4.69, 9.17) is 9.47 Å². The number of amides is 1. The maximum Gasteiger partial charge on any atom is 0.255 e. The zero-order valence-electron chi connectivity index (χ0n) is 16.3. The molecule has 1 amide bonds. The molecule has 1 atom stereocenters. The Kier molecular flexibility index (Phi) is 6.22. The zero-order valence-corrected chi connectivity index (χ0v) is 16.3. The van der Waals surface area contributed by atoms with Crippen LogP contribution in [0.5, 0.6) is 11.5 Å². The summed E-state index contributed by atoms with van der Waals surface area (Å²) in [6.07, 6.45) is 4.97. The van der Waals surface area contributed by atoms with Gasteiger partial charge in [0.2, 0.25) is 0 Å². The second-order valence-corrected chi connectivity index (χ2v) is 6.85. The molecule has 1 N–H and O–H groups in total. The number of ether oxygens (including phenoxy) is 2. The van der Waals surface area contributed by atoms with Gasteiger partial charge in [-0.25, -0.2) is 0 Å². The number of rotatable bonds is 6. The number of benzene rings is 2. The Labute approximate surface area is 161 Å². The van der Waals surface area contributed by atoms with Gasteiger partial charge in [-0.1, -0.05) is 6.92 Å². The SMILES string of the molecule is CCC1CCCCN1c1ccc(NC(=O)c2cc(OC)cc(OC)c2)cc1. The standard InChI is InChI=1S/C22H28N2O3/c1-4-18-7-5-6-12-24(18)19-10-8-17(9-11-19)23-22(25)16-13-20(26-2)15-21(14-16)27-3/h8-11,13-15,18H,4-7,12H2,1-3H3,(H,23,25). The lowest BCUT2D eigenvalue weighted by molar-refractivity contribution is 0.102. The van der Waals surface area contributed by atoms with E-state index in [-0.39, 0.29) is 5.91 Å². The molecule has 1 aliphatic heterocycles. The number of nitrogens with one attached hydrogen (secondary N) is 1. The molecular formula is C22H28N2O3. The molecule has 5 nitrogen and oxygen atoms in total. The van der Waals surface area contributed by atoms with Crippen LogP contribution in [0.3, 0.4) is 0 Å². The fourth-order valence-corrected chi connectivity index (χ4v) is 3.64. The molecule has 0 spiro atoms. The highest BCUT2D eigenvalue weighted by molar-refractivity contribution is 6.04. The highest BCUT2D eigenvalue weighted by atomic mass is 16.5. The Morgan fingerprint density at radius 2 is 1.74 bits per heavy atom. The van der Waals surface area contributed by atoms with Crippen molar-refractivity contribution in [2.24, 2.45) is 0 Å². The Morgan fingerprint density at radius 1 is 1.07 bits per heavy atom. The number of methoxy groups -OCH3 is 2. The van der Waals surface area contributed by atoms with E-state index >= 15 is 0 Å². The van der Waals surface area contributed by atoms with Gasteiger partial charge in [0.25, 0.3) is 5.91 Å². The topological polar surface area (TPSA) is 50.8 Å². The van der Waals surface area contributed by atoms with Gasteiger partial charge in [0.1, 0.15) is 11.5 Å². The van der Waals surface area contributed by atoms with Crippen LogP contribution < -0.4 is 19.7 Å². The van der Waals surface area contributed by atoms with E-state index in [1.54, 1.807) is 32.4 Å². The quantitative estimate of drug-likeness (QED) is 0.801. The molecule has 5 heteroatoms. The molecule has 0 aromatic heterocycles. The first-order valence-corrected chi connectivity index (χ1v) is 9.55.